The van der Waals surface area contributed by atoms with E-state index in [0.717, 1.165) is 12.1 Å². The van der Waals surface area contributed by atoms with Gasteiger partial charge in [-0.05, 0) is 19.4 Å². The standard InChI is InChI=1S/C13H22N4O2/c1-4-10-5-12(16(3)15-10)13(18)17-7-11(6-14)19-8-9(17)2/h5,9,11H,4,6-8,14H2,1-3H3. The van der Waals surface area contributed by atoms with Crippen molar-refractivity contribution in [3.05, 3.63) is 17.5 Å². The fourth-order valence-electron chi connectivity index (χ4n) is 2.29. The van der Waals surface area contributed by atoms with Crippen molar-refractivity contribution in [1.29, 1.82) is 0 Å². The zero-order chi connectivity index (χ0) is 14.0. The van der Waals surface area contributed by atoms with Gasteiger partial charge < -0.3 is 15.4 Å². The van der Waals surface area contributed by atoms with E-state index in [0.29, 0.717) is 25.4 Å². The maximum atomic E-state index is 12.6. The van der Waals surface area contributed by atoms with E-state index < -0.39 is 0 Å². The van der Waals surface area contributed by atoms with Crippen molar-refractivity contribution in [2.75, 3.05) is 19.7 Å². The van der Waals surface area contributed by atoms with Gasteiger partial charge in [-0.3, -0.25) is 9.48 Å². The third-order valence-corrected chi connectivity index (χ3v) is 3.54. The van der Waals surface area contributed by atoms with Gasteiger partial charge in [0.2, 0.25) is 0 Å². The summed E-state index contributed by atoms with van der Waals surface area (Å²) >= 11 is 0. The second-order valence-corrected chi connectivity index (χ2v) is 5.00. The summed E-state index contributed by atoms with van der Waals surface area (Å²) in [6.45, 7) is 5.53. The number of rotatable bonds is 3. The van der Waals surface area contributed by atoms with Gasteiger partial charge in [0.05, 0.1) is 24.4 Å². The molecule has 0 spiro atoms. The van der Waals surface area contributed by atoms with Gasteiger partial charge in [0.15, 0.2) is 0 Å². The molecule has 1 fully saturated rings. The van der Waals surface area contributed by atoms with E-state index in [4.69, 9.17) is 10.5 Å². The van der Waals surface area contributed by atoms with Crippen LogP contribution in [-0.4, -0.2) is 52.4 Å². The zero-order valence-electron chi connectivity index (χ0n) is 11.8. The van der Waals surface area contributed by atoms with Gasteiger partial charge in [0.25, 0.3) is 5.91 Å². The monoisotopic (exact) mass is 266 g/mol. The van der Waals surface area contributed by atoms with Crippen molar-refractivity contribution in [1.82, 2.24) is 14.7 Å². The Kier molecular flexibility index (Phi) is 4.21. The summed E-state index contributed by atoms with van der Waals surface area (Å²) in [5.41, 5.74) is 7.18. The lowest BCUT2D eigenvalue weighted by molar-refractivity contribution is -0.0429. The number of hydrogen-bond donors (Lipinski definition) is 1. The third-order valence-electron chi connectivity index (χ3n) is 3.54. The molecule has 1 aliphatic heterocycles. The van der Waals surface area contributed by atoms with Gasteiger partial charge in [-0.1, -0.05) is 6.92 Å². The molecule has 19 heavy (non-hydrogen) atoms. The second-order valence-electron chi connectivity index (χ2n) is 5.00. The van der Waals surface area contributed by atoms with Crippen molar-refractivity contribution in [2.45, 2.75) is 32.4 Å². The van der Waals surface area contributed by atoms with Crippen LogP contribution in [0.4, 0.5) is 0 Å². The Morgan fingerprint density at radius 3 is 2.95 bits per heavy atom. The predicted octanol–water partition coefficient (Wildman–Crippen LogP) is 0.171. The van der Waals surface area contributed by atoms with E-state index in [9.17, 15) is 4.79 Å². The summed E-state index contributed by atoms with van der Waals surface area (Å²) in [7, 11) is 1.80. The highest BCUT2D eigenvalue weighted by Gasteiger charge is 2.31. The Morgan fingerprint density at radius 1 is 1.63 bits per heavy atom. The molecule has 1 aliphatic rings. The van der Waals surface area contributed by atoms with Crippen LogP contribution in [0, 0.1) is 0 Å². The summed E-state index contributed by atoms with van der Waals surface area (Å²) in [6, 6.07) is 1.93. The first-order valence-electron chi connectivity index (χ1n) is 6.72. The molecule has 1 amide bonds. The molecule has 2 heterocycles. The van der Waals surface area contributed by atoms with Crippen molar-refractivity contribution < 1.29 is 9.53 Å². The first-order chi connectivity index (χ1) is 9.06. The zero-order valence-corrected chi connectivity index (χ0v) is 11.8. The van der Waals surface area contributed by atoms with Gasteiger partial charge in [0, 0.05) is 20.1 Å². The number of ether oxygens (including phenoxy) is 1. The molecular weight excluding hydrogens is 244 g/mol. The number of aromatic nitrogens is 2. The lowest BCUT2D eigenvalue weighted by Gasteiger charge is -2.37. The van der Waals surface area contributed by atoms with Crippen LogP contribution in [0.25, 0.3) is 0 Å². The molecule has 0 saturated carbocycles. The van der Waals surface area contributed by atoms with Crippen molar-refractivity contribution in [3.63, 3.8) is 0 Å². The van der Waals surface area contributed by atoms with Crippen LogP contribution in [0.2, 0.25) is 0 Å². The molecule has 1 aromatic rings. The molecule has 2 unspecified atom stereocenters. The van der Waals surface area contributed by atoms with Crippen LogP contribution >= 0.6 is 0 Å². The molecule has 6 heteroatoms. The van der Waals surface area contributed by atoms with Crippen LogP contribution < -0.4 is 5.73 Å². The summed E-state index contributed by atoms with van der Waals surface area (Å²) < 4.78 is 7.22. The predicted molar refractivity (Wildman–Crippen MR) is 71.9 cm³/mol. The molecule has 1 aromatic heterocycles. The van der Waals surface area contributed by atoms with Gasteiger partial charge in [-0.2, -0.15) is 5.10 Å². The van der Waals surface area contributed by atoms with E-state index in [1.165, 1.54) is 0 Å². The SMILES string of the molecule is CCc1cc(C(=O)N2CC(CN)OCC2C)n(C)n1. The minimum Gasteiger partial charge on any atom is -0.373 e. The quantitative estimate of drug-likeness (QED) is 0.846. The summed E-state index contributed by atoms with van der Waals surface area (Å²) in [6.07, 6.45) is 0.754. The highest BCUT2D eigenvalue weighted by atomic mass is 16.5. The van der Waals surface area contributed by atoms with Gasteiger partial charge >= 0.3 is 0 Å². The molecule has 2 rings (SSSR count). The Morgan fingerprint density at radius 2 is 2.37 bits per heavy atom. The molecule has 2 atom stereocenters. The number of amides is 1. The first-order valence-corrected chi connectivity index (χ1v) is 6.72. The van der Waals surface area contributed by atoms with Crippen molar-refractivity contribution >= 4 is 5.91 Å². The number of carbonyl (C=O) groups is 1. The summed E-state index contributed by atoms with van der Waals surface area (Å²) in [5, 5.41) is 4.32. The van der Waals surface area contributed by atoms with Gasteiger partial charge in [-0.15, -0.1) is 0 Å². The summed E-state index contributed by atoms with van der Waals surface area (Å²) in [5.74, 6) is 0.00366. The molecule has 2 N–H and O–H groups in total. The molecule has 0 aliphatic carbocycles. The molecule has 6 nitrogen and oxygen atoms in total. The molecular formula is C13H22N4O2. The normalized spacial score (nSPS) is 23.7. The largest absolute Gasteiger partial charge is 0.373 e. The van der Waals surface area contributed by atoms with Crippen molar-refractivity contribution in [3.8, 4) is 0 Å². The maximum absolute atomic E-state index is 12.6. The Bertz CT molecular complexity index is 457. The van der Waals surface area contributed by atoms with Crippen LogP contribution in [-0.2, 0) is 18.2 Å². The number of nitrogens with two attached hydrogens (primary N) is 1. The average molecular weight is 266 g/mol. The topological polar surface area (TPSA) is 73.4 Å². The smallest absolute Gasteiger partial charge is 0.272 e. The molecule has 106 valence electrons. The third kappa shape index (κ3) is 2.79. The Labute approximate surface area is 113 Å². The van der Waals surface area contributed by atoms with Crippen molar-refractivity contribution in [2.24, 2.45) is 12.8 Å². The first kappa shape index (κ1) is 14.0. The molecule has 0 bridgehead atoms. The molecule has 0 aromatic carbocycles. The Hall–Kier alpha value is -1.40. The van der Waals surface area contributed by atoms with Gasteiger partial charge in [-0.25, -0.2) is 0 Å². The van der Waals surface area contributed by atoms with E-state index in [1.54, 1.807) is 11.7 Å². The van der Waals surface area contributed by atoms with Gasteiger partial charge in [0.1, 0.15) is 5.69 Å². The number of nitrogens with zero attached hydrogens (tertiary/aromatic N) is 3. The van der Waals surface area contributed by atoms with Crippen LogP contribution in [0.3, 0.4) is 0 Å². The Balaban J connectivity index is 2.19. The van der Waals surface area contributed by atoms with Crippen LogP contribution in [0.5, 0.6) is 0 Å². The fraction of sp³-hybridized carbons (Fsp3) is 0.692. The van der Waals surface area contributed by atoms with E-state index >= 15 is 0 Å². The molecule has 1 saturated heterocycles. The lowest BCUT2D eigenvalue weighted by atomic mass is 10.1. The minimum absolute atomic E-state index is 0.00366. The summed E-state index contributed by atoms with van der Waals surface area (Å²) in [4.78, 5) is 14.4. The van der Waals surface area contributed by atoms with Crippen LogP contribution in [0.1, 0.15) is 30.0 Å². The average Bonchev–Trinajstić information content (AvgIpc) is 2.80. The number of hydrogen-bond acceptors (Lipinski definition) is 4. The minimum atomic E-state index is -0.0703. The van der Waals surface area contributed by atoms with E-state index in [-0.39, 0.29) is 18.1 Å². The fourth-order valence-corrected chi connectivity index (χ4v) is 2.29. The highest BCUT2D eigenvalue weighted by Crippen LogP contribution is 2.16. The molecule has 0 radical (unpaired) electrons. The highest BCUT2D eigenvalue weighted by molar-refractivity contribution is 5.93. The number of morpholine rings is 1. The van der Waals surface area contributed by atoms with Crippen LogP contribution in [0.15, 0.2) is 6.07 Å². The lowest BCUT2D eigenvalue weighted by Crippen LogP contribution is -2.53. The van der Waals surface area contributed by atoms with E-state index in [1.807, 2.05) is 24.8 Å². The number of carbonyl (C=O) groups excluding carboxylic acids is 1. The second kappa shape index (κ2) is 5.71. The van der Waals surface area contributed by atoms with E-state index in [2.05, 4.69) is 5.10 Å². The number of aryl methyl sites for hydroxylation is 2. The maximum Gasteiger partial charge on any atom is 0.272 e.